The minimum atomic E-state index is -0.292. The molecule has 146 valence electrons. The number of aryl methyl sites for hydroxylation is 2. The van der Waals surface area contributed by atoms with Crippen LogP contribution < -0.4 is 15.4 Å². The van der Waals surface area contributed by atoms with Crippen molar-refractivity contribution in [2.24, 2.45) is 0 Å². The van der Waals surface area contributed by atoms with E-state index in [1.807, 2.05) is 25.1 Å². The highest BCUT2D eigenvalue weighted by atomic mass is 16.5. The topological polar surface area (TPSA) is 91.9 Å². The van der Waals surface area contributed by atoms with E-state index in [0.29, 0.717) is 36.6 Å². The number of methoxy groups -OCH3 is 1. The fourth-order valence-corrected chi connectivity index (χ4v) is 2.80. The van der Waals surface area contributed by atoms with Gasteiger partial charge in [-0.2, -0.15) is 5.10 Å². The zero-order valence-electron chi connectivity index (χ0n) is 16.4. The van der Waals surface area contributed by atoms with Crippen molar-refractivity contribution in [1.29, 1.82) is 0 Å². The summed E-state index contributed by atoms with van der Waals surface area (Å²) in [5.41, 5.74) is 4.09. The van der Waals surface area contributed by atoms with Crippen LogP contribution in [0.1, 0.15) is 28.3 Å². The number of nitrogens with one attached hydrogen (secondary N) is 3. The Labute approximate surface area is 164 Å². The summed E-state index contributed by atoms with van der Waals surface area (Å²) < 4.78 is 5.27. The first-order valence-corrected chi connectivity index (χ1v) is 9.18. The van der Waals surface area contributed by atoms with E-state index in [4.69, 9.17) is 4.74 Å². The lowest BCUT2D eigenvalue weighted by Gasteiger charge is -2.11. The van der Waals surface area contributed by atoms with Crippen LogP contribution in [0.2, 0.25) is 0 Å². The number of hydrogen-bond donors (Lipinski definition) is 3. The molecular weight excluding hydrogens is 354 g/mol. The van der Waals surface area contributed by atoms with E-state index in [-0.39, 0.29) is 6.03 Å². The molecule has 2 aromatic carbocycles. The van der Waals surface area contributed by atoms with Crippen LogP contribution >= 0.6 is 0 Å². The van der Waals surface area contributed by atoms with Gasteiger partial charge in [0.05, 0.1) is 12.8 Å². The first-order valence-electron chi connectivity index (χ1n) is 9.18. The number of aromatic nitrogens is 3. The molecule has 3 rings (SSSR count). The number of carbonyl (C=O) groups excluding carboxylic acids is 1. The van der Waals surface area contributed by atoms with Crippen molar-refractivity contribution in [3.8, 4) is 5.75 Å². The number of aromatic amines is 1. The van der Waals surface area contributed by atoms with Gasteiger partial charge in [-0.3, -0.25) is 5.10 Å². The Morgan fingerprint density at radius 2 is 1.86 bits per heavy atom. The third kappa shape index (κ3) is 5.33. The summed E-state index contributed by atoms with van der Waals surface area (Å²) in [4.78, 5) is 16.6. The molecule has 0 unspecified atom stereocenters. The van der Waals surface area contributed by atoms with E-state index in [9.17, 15) is 4.79 Å². The number of urea groups is 1. The number of rotatable bonds is 7. The van der Waals surface area contributed by atoms with Gasteiger partial charge in [0.2, 0.25) is 0 Å². The molecule has 0 aliphatic carbocycles. The van der Waals surface area contributed by atoms with Crippen LogP contribution in [-0.4, -0.2) is 34.9 Å². The van der Waals surface area contributed by atoms with Crippen molar-refractivity contribution >= 4 is 11.7 Å². The van der Waals surface area contributed by atoms with Crippen molar-refractivity contribution in [2.45, 2.75) is 26.7 Å². The summed E-state index contributed by atoms with van der Waals surface area (Å²) in [5, 5.41) is 12.8. The molecule has 7 heteroatoms. The number of anilines is 1. The molecule has 1 heterocycles. The minimum Gasteiger partial charge on any atom is -0.495 e. The second-order valence-electron chi connectivity index (χ2n) is 6.70. The molecule has 0 radical (unpaired) electrons. The van der Waals surface area contributed by atoms with Crippen molar-refractivity contribution in [3.05, 3.63) is 70.8 Å². The zero-order valence-corrected chi connectivity index (χ0v) is 16.4. The molecule has 28 heavy (non-hydrogen) atoms. The number of H-pyrrole nitrogens is 1. The van der Waals surface area contributed by atoms with Gasteiger partial charge in [0, 0.05) is 19.4 Å². The second kappa shape index (κ2) is 9.03. The fourth-order valence-electron chi connectivity index (χ4n) is 2.80. The number of amides is 2. The molecule has 0 atom stereocenters. The predicted molar refractivity (Wildman–Crippen MR) is 109 cm³/mol. The third-order valence-corrected chi connectivity index (χ3v) is 4.31. The van der Waals surface area contributed by atoms with E-state index >= 15 is 0 Å². The van der Waals surface area contributed by atoms with E-state index in [1.54, 1.807) is 7.11 Å². The molecule has 2 amide bonds. The Bertz CT molecular complexity index is 934. The van der Waals surface area contributed by atoms with E-state index < -0.39 is 0 Å². The Kier molecular flexibility index (Phi) is 6.26. The molecule has 0 spiro atoms. The summed E-state index contributed by atoms with van der Waals surface area (Å²) in [6, 6.07) is 13.7. The van der Waals surface area contributed by atoms with Crippen LogP contribution in [0.25, 0.3) is 0 Å². The predicted octanol–water partition coefficient (Wildman–Crippen LogP) is 3.39. The summed E-state index contributed by atoms with van der Waals surface area (Å²) >= 11 is 0. The van der Waals surface area contributed by atoms with Crippen LogP contribution in [0.3, 0.4) is 0 Å². The minimum absolute atomic E-state index is 0.292. The quantitative estimate of drug-likeness (QED) is 0.587. The van der Waals surface area contributed by atoms with Gasteiger partial charge in [-0.25, -0.2) is 9.78 Å². The van der Waals surface area contributed by atoms with Crippen LogP contribution in [0.5, 0.6) is 5.75 Å². The highest BCUT2D eigenvalue weighted by Gasteiger charge is 2.09. The number of hydrogen-bond acceptors (Lipinski definition) is 4. The molecule has 0 aliphatic rings. The summed E-state index contributed by atoms with van der Waals surface area (Å²) in [5.74, 6) is 2.11. The summed E-state index contributed by atoms with van der Waals surface area (Å²) in [7, 11) is 1.57. The first kappa shape index (κ1) is 19.4. The normalized spacial score (nSPS) is 10.5. The van der Waals surface area contributed by atoms with Gasteiger partial charge >= 0.3 is 6.03 Å². The number of ether oxygens (including phenoxy) is 1. The lowest BCUT2D eigenvalue weighted by Crippen LogP contribution is -2.30. The molecule has 0 saturated carbocycles. The average molecular weight is 379 g/mol. The Morgan fingerprint density at radius 1 is 1.11 bits per heavy atom. The molecule has 1 aromatic heterocycles. The molecule has 3 N–H and O–H groups in total. The molecule has 0 bridgehead atoms. The van der Waals surface area contributed by atoms with Crippen LogP contribution in [0, 0.1) is 13.8 Å². The standard InChI is InChI=1S/C21H25N5O2/c1-14-4-7-16(8-5-14)13-20-24-19(25-26-20)10-11-22-21(27)23-17-12-15(2)6-9-18(17)28-3/h4-9,12H,10-11,13H2,1-3H3,(H2,22,23,27)(H,24,25,26). The first-order chi connectivity index (χ1) is 13.5. The monoisotopic (exact) mass is 379 g/mol. The summed E-state index contributed by atoms with van der Waals surface area (Å²) in [6.07, 6.45) is 1.25. The van der Waals surface area contributed by atoms with Crippen LogP contribution in [0.15, 0.2) is 42.5 Å². The molecule has 0 fully saturated rings. The second-order valence-corrected chi connectivity index (χ2v) is 6.70. The maximum atomic E-state index is 12.1. The molecule has 0 saturated heterocycles. The van der Waals surface area contributed by atoms with Crippen molar-refractivity contribution in [1.82, 2.24) is 20.5 Å². The fraction of sp³-hybridized carbons (Fsp3) is 0.286. The van der Waals surface area contributed by atoms with Gasteiger partial charge in [-0.05, 0) is 37.1 Å². The Morgan fingerprint density at radius 3 is 2.61 bits per heavy atom. The average Bonchev–Trinajstić information content (AvgIpc) is 3.11. The Hall–Kier alpha value is -3.35. The van der Waals surface area contributed by atoms with Crippen molar-refractivity contribution < 1.29 is 9.53 Å². The number of nitrogens with zero attached hydrogens (tertiary/aromatic N) is 2. The lowest BCUT2D eigenvalue weighted by molar-refractivity contribution is 0.252. The molecule has 0 aliphatic heterocycles. The maximum absolute atomic E-state index is 12.1. The SMILES string of the molecule is COc1ccc(C)cc1NC(=O)NCCc1n[nH]c(Cc2ccc(C)cc2)n1. The highest BCUT2D eigenvalue weighted by molar-refractivity contribution is 5.91. The molecular formula is C21H25N5O2. The van der Waals surface area contributed by atoms with Crippen LogP contribution in [-0.2, 0) is 12.8 Å². The number of carbonyl (C=O) groups is 1. The van der Waals surface area contributed by atoms with Gasteiger partial charge in [0.1, 0.15) is 11.6 Å². The highest BCUT2D eigenvalue weighted by Crippen LogP contribution is 2.24. The van der Waals surface area contributed by atoms with E-state index in [2.05, 4.69) is 57.0 Å². The third-order valence-electron chi connectivity index (χ3n) is 4.31. The van der Waals surface area contributed by atoms with Gasteiger partial charge in [0.25, 0.3) is 0 Å². The van der Waals surface area contributed by atoms with Crippen molar-refractivity contribution in [3.63, 3.8) is 0 Å². The molecule has 3 aromatic rings. The smallest absolute Gasteiger partial charge is 0.319 e. The van der Waals surface area contributed by atoms with Crippen molar-refractivity contribution in [2.75, 3.05) is 19.0 Å². The van der Waals surface area contributed by atoms with Gasteiger partial charge in [-0.15, -0.1) is 0 Å². The van der Waals surface area contributed by atoms with E-state index in [0.717, 1.165) is 11.4 Å². The van der Waals surface area contributed by atoms with E-state index in [1.165, 1.54) is 11.1 Å². The molecule has 7 nitrogen and oxygen atoms in total. The largest absolute Gasteiger partial charge is 0.495 e. The lowest BCUT2D eigenvalue weighted by atomic mass is 10.1. The Balaban J connectivity index is 1.47. The number of benzene rings is 2. The maximum Gasteiger partial charge on any atom is 0.319 e. The van der Waals surface area contributed by atoms with Gasteiger partial charge < -0.3 is 15.4 Å². The van der Waals surface area contributed by atoms with Crippen LogP contribution in [0.4, 0.5) is 10.5 Å². The zero-order chi connectivity index (χ0) is 19.9. The van der Waals surface area contributed by atoms with Gasteiger partial charge in [0.15, 0.2) is 5.82 Å². The summed E-state index contributed by atoms with van der Waals surface area (Å²) in [6.45, 7) is 4.45. The van der Waals surface area contributed by atoms with Gasteiger partial charge in [-0.1, -0.05) is 35.9 Å².